The van der Waals surface area contributed by atoms with Crippen molar-refractivity contribution in [2.45, 2.75) is 57.7 Å². The molecule has 0 bridgehead atoms. The molecule has 2 nitrogen and oxygen atoms in total. The summed E-state index contributed by atoms with van der Waals surface area (Å²) in [7, 11) is 0. The van der Waals surface area contributed by atoms with E-state index < -0.39 is 5.60 Å². The highest BCUT2D eigenvalue weighted by Gasteiger charge is 2.39. The molecule has 1 aliphatic heterocycles. The Morgan fingerprint density at radius 2 is 1.78 bits per heavy atom. The molecular weight excluding hydrogens is 224 g/mol. The van der Waals surface area contributed by atoms with Crippen molar-refractivity contribution in [3.8, 4) is 0 Å². The average molecular weight is 248 g/mol. The summed E-state index contributed by atoms with van der Waals surface area (Å²) in [5.74, 6) is 0. The zero-order valence-electron chi connectivity index (χ0n) is 11.7. The van der Waals surface area contributed by atoms with Crippen LogP contribution in [0.25, 0.3) is 0 Å². The topological polar surface area (TPSA) is 29.5 Å². The van der Waals surface area contributed by atoms with E-state index in [4.69, 9.17) is 4.74 Å². The van der Waals surface area contributed by atoms with Crippen LogP contribution < -0.4 is 0 Å². The molecule has 1 unspecified atom stereocenters. The fraction of sp³-hybridized carbons (Fsp3) is 0.625. The molecule has 2 heteroatoms. The van der Waals surface area contributed by atoms with E-state index in [-0.39, 0.29) is 5.60 Å². The predicted molar refractivity (Wildman–Crippen MR) is 73.7 cm³/mol. The zero-order valence-corrected chi connectivity index (χ0v) is 11.7. The highest BCUT2D eigenvalue weighted by Crippen LogP contribution is 2.34. The first-order valence-electron chi connectivity index (χ1n) is 6.87. The number of hydrogen-bond acceptors (Lipinski definition) is 2. The van der Waals surface area contributed by atoms with Crippen molar-refractivity contribution in [1.82, 2.24) is 0 Å². The van der Waals surface area contributed by atoms with Crippen LogP contribution in [0.3, 0.4) is 0 Å². The second kappa shape index (κ2) is 5.02. The van der Waals surface area contributed by atoms with Crippen LogP contribution >= 0.6 is 0 Å². The Kier molecular flexibility index (Phi) is 3.79. The third-order valence-corrected chi connectivity index (χ3v) is 3.78. The molecule has 0 spiro atoms. The number of hydrogen-bond donors (Lipinski definition) is 1. The molecule has 1 atom stereocenters. The Hall–Kier alpha value is -0.860. The third kappa shape index (κ3) is 3.33. The summed E-state index contributed by atoms with van der Waals surface area (Å²) in [6.45, 7) is 6.91. The van der Waals surface area contributed by atoms with Gasteiger partial charge in [-0.1, -0.05) is 31.2 Å². The van der Waals surface area contributed by atoms with Crippen LogP contribution in [0.5, 0.6) is 0 Å². The molecule has 1 aromatic carbocycles. The van der Waals surface area contributed by atoms with Gasteiger partial charge in [-0.05, 0) is 37.8 Å². The largest absolute Gasteiger partial charge is 0.389 e. The fourth-order valence-electron chi connectivity index (χ4n) is 2.87. The van der Waals surface area contributed by atoms with Gasteiger partial charge in [0.25, 0.3) is 0 Å². The SMILES string of the molecule is CCc1ccc(CC2(O)CCOC(C)(C)C2)cc1. The van der Waals surface area contributed by atoms with Crippen LogP contribution in [0, 0.1) is 0 Å². The van der Waals surface area contributed by atoms with E-state index in [1.807, 2.05) is 0 Å². The van der Waals surface area contributed by atoms with Crippen LogP contribution in [0.1, 0.15) is 44.7 Å². The molecule has 18 heavy (non-hydrogen) atoms. The summed E-state index contributed by atoms with van der Waals surface area (Å²) in [6, 6.07) is 8.59. The summed E-state index contributed by atoms with van der Waals surface area (Å²) in [5, 5.41) is 10.7. The minimum Gasteiger partial charge on any atom is -0.389 e. The van der Waals surface area contributed by atoms with E-state index in [2.05, 4.69) is 45.0 Å². The first-order chi connectivity index (χ1) is 8.42. The zero-order chi connectivity index (χ0) is 13.2. The minimum absolute atomic E-state index is 0.212. The van der Waals surface area contributed by atoms with Gasteiger partial charge >= 0.3 is 0 Å². The lowest BCUT2D eigenvalue weighted by Gasteiger charge is -2.41. The summed E-state index contributed by atoms with van der Waals surface area (Å²) >= 11 is 0. The predicted octanol–water partition coefficient (Wildman–Crippen LogP) is 3.11. The second-order valence-corrected chi connectivity index (χ2v) is 6.11. The molecule has 1 heterocycles. The smallest absolute Gasteiger partial charge is 0.0737 e. The minimum atomic E-state index is -0.616. The maximum atomic E-state index is 10.7. The van der Waals surface area contributed by atoms with Crippen molar-refractivity contribution >= 4 is 0 Å². The molecule has 1 N–H and O–H groups in total. The first-order valence-corrected chi connectivity index (χ1v) is 6.87. The Balaban J connectivity index is 2.07. The van der Waals surface area contributed by atoms with Crippen LogP contribution in [0.15, 0.2) is 24.3 Å². The molecule has 1 saturated heterocycles. The van der Waals surface area contributed by atoms with Gasteiger partial charge in [0.05, 0.1) is 17.8 Å². The van der Waals surface area contributed by atoms with E-state index >= 15 is 0 Å². The highest BCUT2D eigenvalue weighted by atomic mass is 16.5. The summed E-state index contributed by atoms with van der Waals surface area (Å²) in [6.07, 6.45) is 3.22. The fourth-order valence-corrected chi connectivity index (χ4v) is 2.87. The van der Waals surface area contributed by atoms with Crippen molar-refractivity contribution in [3.05, 3.63) is 35.4 Å². The van der Waals surface area contributed by atoms with Crippen molar-refractivity contribution in [1.29, 1.82) is 0 Å². The maximum absolute atomic E-state index is 10.7. The summed E-state index contributed by atoms with van der Waals surface area (Å²) < 4.78 is 5.67. The molecule has 0 aromatic heterocycles. The van der Waals surface area contributed by atoms with Crippen LogP contribution in [0.4, 0.5) is 0 Å². The number of rotatable bonds is 3. The molecule has 1 fully saturated rings. The molecule has 0 radical (unpaired) electrons. The summed E-state index contributed by atoms with van der Waals surface area (Å²) in [5.41, 5.74) is 1.73. The number of aryl methyl sites for hydroxylation is 1. The lowest BCUT2D eigenvalue weighted by molar-refractivity contribution is -0.143. The molecular formula is C16H24O2. The lowest BCUT2D eigenvalue weighted by atomic mass is 9.80. The van der Waals surface area contributed by atoms with Crippen LogP contribution in [-0.2, 0) is 17.6 Å². The molecule has 0 aliphatic carbocycles. The molecule has 1 aliphatic rings. The Morgan fingerprint density at radius 1 is 1.17 bits per heavy atom. The standard InChI is InChI=1S/C16H24O2/c1-4-13-5-7-14(8-6-13)11-16(17)9-10-18-15(2,3)12-16/h5-8,17H,4,9-12H2,1-3H3. The van der Waals surface area contributed by atoms with Crippen molar-refractivity contribution < 1.29 is 9.84 Å². The van der Waals surface area contributed by atoms with E-state index in [1.165, 1.54) is 11.1 Å². The van der Waals surface area contributed by atoms with Gasteiger partial charge in [-0.2, -0.15) is 0 Å². The van der Waals surface area contributed by atoms with Gasteiger partial charge in [0.15, 0.2) is 0 Å². The number of aliphatic hydroxyl groups is 1. The molecule has 1 aromatic rings. The average Bonchev–Trinajstić information content (AvgIpc) is 2.27. The van der Waals surface area contributed by atoms with E-state index in [0.29, 0.717) is 13.0 Å². The highest BCUT2D eigenvalue weighted by molar-refractivity contribution is 5.24. The van der Waals surface area contributed by atoms with Gasteiger partial charge in [0, 0.05) is 12.8 Å². The Labute approximate surface area is 110 Å². The molecule has 100 valence electrons. The van der Waals surface area contributed by atoms with Gasteiger partial charge in [0.1, 0.15) is 0 Å². The van der Waals surface area contributed by atoms with Crippen molar-refractivity contribution in [2.75, 3.05) is 6.61 Å². The van der Waals surface area contributed by atoms with E-state index in [0.717, 1.165) is 19.3 Å². The number of benzene rings is 1. The number of ether oxygens (including phenoxy) is 1. The van der Waals surface area contributed by atoms with Crippen LogP contribution in [0.2, 0.25) is 0 Å². The molecule has 2 rings (SSSR count). The van der Waals surface area contributed by atoms with Gasteiger partial charge in [-0.3, -0.25) is 0 Å². The normalized spacial score (nSPS) is 27.1. The third-order valence-electron chi connectivity index (χ3n) is 3.78. The quantitative estimate of drug-likeness (QED) is 0.890. The van der Waals surface area contributed by atoms with E-state index in [9.17, 15) is 5.11 Å². The monoisotopic (exact) mass is 248 g/mol. The molecule has 0 amide bonds. The molecule has 0 saturated carbocycles. The van der Waals surface area contributed by atoms with Gasteiger partial charge in [-0.25, -0.2) is 0 Å². The second-order valence-electron chi connectivity index (χ2n) is 6.11. The van der Waals surface area contributed by atoms with Gasteiger partial charge in [0.2, 0.25) is 0 Å². The van der Waals surface area contributed by atoms with E-state index in [1.54, 1.807) is 0 Å². The lowest BCUT2D eigenvalue weighted by Crippen LogP contribution is -2.47. The van der Waals surface area contributed by atoms with Crippen LogP contribution in [-0.4, -0.2) is 22.9 Å². The van der Waals surface area contributed by atoms with Gasteiger partial charge < -0.3 is 9.84 Å². The van der Waals surface area contributed by atoms with Crippen molar-refractivity contribution in [2.24, 2.45) is 0 Å². The summed E-state index contributed by atoms with van der Waals surface area (Å²) in [4.78, 5) is 0. The first kappa shape index (κ1) is 13.6. The Bertz CT molecular complexity index is 394. The van der Waals surface area contributed by atoms with Gasteiger partial charge in [-0.15, -0.1) is 0 Å². The van der Waals surface area contributed by atoms with Crippen molar-refractivity contribution in [3.63, 3.8) is 0 Å². The Morgan fingerprint density at radius 3 is 2.33 bits per heavy atom. The maximum Gasteiger partial charge on any atom is 0.0737 e.